The van der Waals surface area contributed by atoms with E-state index in [1.807, 2.05) is 43.3 Å². The van der Waals surface area contributed by atoms with Gasteiger partial charge in [0, 0.05) is 47.1 Å². The van der Waals surface area contributed by atoms with Crippen LogP contribution in [0.5, 0.6) is 5.75 Å². The number of aromatic nitrogens is 1. The molecule has 0 unspecified atom stereocenters. The normalized spacial score (nSPS) is 34.2. The van der Waals surface area contributed by atoms with Gasteiger partial charge in [0.2, 0.25) is 5.79 Å². The number of nitrogens with one attached hydrogen (secondary N) is 1. The standard InChI is InChI=1S/C35H46ClN3O6/c1-21-7-11-28-22(2)32(42-33-35(28)27(21)13-14-34(3,43-33)44-45-35)41-18-17-39(4)16-6-15-37-31-25-10-8-23(36)19-30(25)38-29-12-9-24(40-5)20-26(29)31/h8-10,12,19-22,27-28,32-33H,6-7,11,13-18H2,1-5H3,(H,37,38)/t21-,22-,27+,28+,32+,33-,34-,35-/m1/s1. The summed E-state index contributed by atoms with van der Waals surface area (Å²) >= 11 is 6.29. The molecular weight excluding hydrogens is 594 g/mol. The first kappa shape index (κ1) is 31.4. The van der Waals surface area contributed by atoms with E-state index in [1.165, 1.54) is 6.42 Å². The van der Waals surface area contributed by atoms with E-state index in [4.69, 9.17) is 45.3 Å². The molecule has 2 aromatic carbocycles. The molecule has 1 spiro atoms. The smallest absolute Gasteiger partial charge is 0.201 e. The van der Waals surface area contributed by atoms with Gasteiger partial charge in [-0.1, -0.05) is 25.4 Å². The third-order valence-electron chi connectivity index (χ3n) is 10.8. The number of nitrogens with zero attached hydrogens (tertiary/aromatic N) is 2. The molecule has 0 radical (unpaired) electrons. The Hall–Kier alpha value is -2.24. The summed E-state index contributed by atoms with van der Waals surface area (Å²) in [4.78, 5) is 19.3. The Morgan fingerprint density at radius 1 is 1.02 bits per heavy atom. The lowest BCUT2D eigenvalue weighted by atomic mass is 9.58. The fourth-order valence-corrected chi connectivity index (χ4v) is 8.44. The minimum Gasteiger partial charge on any atom is -0.497 e. The fraction of sp³-hybridized carbons (Fsp3) is 0.629. The lowest BCUT2D eigenvalue weighted by molar-refractivity contribution is -0.577. The highest BCUT2D eigenvalue weighted by Gasteiger charge is 2.69. The van der Waals surface area contributed by atoms with Gasteiger partial charge >= 0.3 is 0 Å². The van der Waals surface area contributed by atoms with Gasteiger partial charge in [0.25, 0.3) is 0 Å². The number of rotatable bonds is 10. The number of fused-ring (bicyclic) bond motifs is 4. The number of likely N-dealkylation sites (N-methyl/N-ethyl adjacent to an activating group) is 1. The number of ether oxygens (including phenoxy) is 4. The van der Waals surface area contributed by atoms with E-state index in [0.29, 0.717) is 23.5 Å². The Bertz CT molecular complexity index is 1540. The van der Waals surface area contributed by atoms with Gasteiger partial charge in [-0.3, -0.25) is 0 Å². The Labute approximate surface area is 270 Å². The fourth-order valence-electron chi connectivity index (χ4n) is 8.28. The maximum absolute atomic E-state index is 6.58. The van der Waals surface area contributed by atoms with Crippen LogP contribution in [0.1, 0.15) is 52.9 Å². The van der Waals surface area contributed by atoms with E-state index in [9.17, 15) is 0 Å². The van der Waals surface area contributed by atoms with Crippen LogP contribution in [-0.2, 0) is 24.0 Å². The zero-order valence-corrected chi connectivity index (χ0v) is 27.8. The molecule has 4 saturated heterocycles. The quantitative estimate of drug-likeness (QED) is 0.143. The first-order chi connectivity index (χ1) is 21.7. The number of pyridine rings is 1. The number of methoxy groups -OCH3 is 1. The van der Waals surface area contributed by atoms with E-state index in [2.05, 4.69) is 31.1 Å². The maximum atomic E-state index is 6.58. The highest BCUT2D eigenvalue weighted by atomic mass is 35.5. The van der Waals surface area contributed by atoms with Gasteiger partial charge in [0.1, 0.15) is 5.75 Å². The van der Waals surface area contributed by atoms with Crippen LogP contribution < -0.4 is 10.1 Å². The zero-order chi connectivity index (χ0) is 31.3. The van der Waals surface area contributed by atoms with Crippen molar-refractivity contribution < 1.29 is 28.7 Å². The Morgan fingerprint density at radius 2 is 1.89 bits per heavy atom. The molecule has 45 heavy (non-hydrogen) atoms. The second-order valence-corrected chi connectivity index (χ2v) is 14.2. The lowest BCUT2D eigenvalue weighted by Gasteiger charge is -2.60. The Kier molecular flexibility index (Phi) is 8.65. The summed E-state index contributed by atoms with van der Waals surface area (Å²) in [6, 6.07) is 11.8. The van der Waals surface area contributed by atoms with Crippen molar-refractivity contribution in [3.05, 3.63) is 41.4 Å². The van der Waals surface area contributed by atoms with Gasteiger partial charge in [-0.25, -0.2) is 14.8 Å². The average Bonchev–Trinajstić information content (AvgIpc) is 3.26. The molecule has 5 heterocycles. The molecule has 244 valence electrons. The van der Waals surface area contributed by atoms with Crippen molar-refractivity contribution in [2.24, 2.45) is 23.7 Å². The molecule has 10 heteroatoms. The summed E-state index contributed by atoms with van der Waals surface area (Å²) in [5.41, 5.74) is 2.27. The third kappa shape index (κ3) is 5.69. The number of hydrogen-bond acceptors (Lipinski definition) is 9. The van der Waals surface area contributed by atoms with Crippen LogP contribution in [0.25, 0.3) is 21.8 Å². The minimum absolute atomic E-state index is 0.180. The summed E-state index contributed by atoms with van der Waals surface area (Å²) in [7, 11) is 3.82. The Morgan fingerprint density at radius 3 is 2.73 bits per heavy atom. The lowest BCUT2D eigenvalue weighted by Crippen LogP contribution is -2.70. The molecule has 1 N–H and O–H groups in total. The van der Waals surface area contributed by atoms with E-state index >= 15 is 0 Å². The van der Waals surface area contributed by atoms with E-state index in [0.717, 1.165) is 78.6 Å². The topological polar surface area (TPSA) is 83.5 Å². The number of benzene rings is 2. The van der Waals surface area contributed by atoms with Gasteiger partial charge in [-0.15, -0.1) is 0 Å². The molecule has 8 rings (SSSR count). The molecule has 5 aliphatic rings. The molecule has 8 atom stereocenters. The van der Waals surface area contributed by atoms with Gasteiger partial charge in [-0.2, -0.15) is 0 Å². The van der Waals surface area contributed by atoms with Crippen molar-refractivity contribution in [1.29, 1.82) is 0 Å². The summed E-state index contributed by atoms with van der Waals surface area (Å²) in [5.74, 6) is 1.38. The third-order valence-corrected chi connectivity index (χ3v) is 11.0. The van der Waals surface area contributed by atoms with Crippen LogP contribution in [0.4, 0.5) is 5.69 Å². The highest BCUT2D eigenvalue weighted by molar-refractivity contribution is 6.31. The molecule has 4 aliphatic heterocycles. The predicted octanol–water partition coefficient (Wildman–Crippen LogP) is 7.01. The van der Waals surface area contributed by atoms with Crippen LogP contribution in [-0.4, -0.2) is 74.3 Å². The molecule has 0 amide bonds. The number of anilines is 1. The van der Waals surface area contributed by atoms with Crippen LogP contribution in [0.2, 0.25) is 5.02 Å². The zero-order valence-electron chi connectivity index (χ0n) is 27.0. The van der Waals surface area contributed by atoms with Crippen LogP contribution in [0.3, 0.4) is 0 Å². The number of halogens is 1. The maximum Gasteiger partial charge on any atom is 0.201 e. The average molecular weight is 640 g/mol. The molecule has 1 aromatic heterocycles. The summed E-state index contributed by atoms with van der Waals surface area (Å²) in [6.45, 7) is 9.66. The molecule has 9 nitrogen and oxygen atoms in total. The van der Waals surface area contributed by atoms with Crippen LogP contribution in [0, 0.1) is 23.7 Å². The van der Waals surface area contributed by atoms with E-state index in [-0.39, 0.29) is 18.1 Å². The number of hydrogen-bond donors (Lipinski definition) is 1. The molecule has 1 aliphatic carbocycles. The van der Waals surface area contributed by atoms with Gasteiger partial charge in [0.15, 0.2) is 18.2 Å². The molecular formula is C35H46ClN3O6. The highest BCUT2D eigenvalue weighted by Crippen LogP contribution is 2.60. The predicted molar refractivity (Wildman–Crippen MR) is 174 cm³/mol. The van der Waals surface area contributed by atoms with Gasteiger partial charge < -0.3 is 29.2 Å². The van der Waals surface area contributed by atoms with Crippen LogP contribution in [0.15, 0.2) is 36.4 Å². The van der Waals surface area contributed by atoms with Crippen molar-refractivity contribution in [3.8, 4) is 5.75 Å². The minimum atomic E-state index is -0.773. The van der Waals surface area contributed by atoms with E-state index < -0.39 is 17.7 Å². The molecule has 2 bridgehead atoms. The molecule has 1 saturated carbocycles. The monoisotopic (exact) mass is 639 g/mol. The van der Waals surface area contributed by atoms with Crippen molar-refractivity contribution in [1.82, 2.24) is 9.88 Å². The van der Waals surface area contributed by atoms with Crippen molar-refractivity contribution >= 4 is 39.1 Å². The van der Waals surface area contributed by atoms with Gasteiger partial charge in [-0.05, 0) is 94.4 Å². The summed E-state index contributed by atoms with van der Waals surface area (Å²) in [6.07, 6.45) is 4.25. The Balaban J connectivity index is 0.945. The molecule has 5 fully saturated rings. The second kappa shape index (κ2) is 12.4. The van der Waals surface area contributed by atoms with E-state index in [1.54, 1.807) is 7.11 Å². The SMILES string of the molecule is COc1ccc2nc3cc(Cl)ccc3c(NCCCN(C)CCO[C@H]3O[C@@H]4O[C@@]5(C)CC[C@H]6[C@H](C)CC[C@@H]([C@H]3C)[C@@]46OO5)c2c1. The van der Waals surface area contributed by atoms with Crippen molar-refractivity contribution in [3.63, 3.8) is 0 Å². The van der Waals surface area contributed by atoms with Crippen molar-refractivity contribution in [2.45, 2.75) is 76.8 Å². The second-order valence-electron chi connectivity index (χ2n) is 13.8. The summed E-state index contributed by atoms with van der Waals surface area (Å²) < 4.78 is 25.0. The van der Waals surface area contributed by atoms with Gasteiger partial charge in [0.05, 0.1) is 30.4 Å². The summed E-state index contributed by atoms with van der Waals surface area (Å²) in [5, 5.41) is 6.44. The van der Waals surface area contributed by atoms with Crippen LogP contribution >= 0.6 is 11.6 Å². The first-order valence-corrected chi connectivity index (χ1v) is 16.9. The largest absolute Gasteiger partial charge is 0.497 e. The molecule has 3 aromatic rings. The van der Waals surface area contributed by atoms with Crippen molar-refractivity contribution in [2.75, 3.05) is 45.7 Å². The first-order valence-electron chi connectivity index (χ1n) is 16.5.